The lowest BCUT2D eigenvalue weighted by Crippen LogP contribution is -2.46. The summed E-state index contributed by atoms with van der Waals surface area (Å²) in [6.07, 6.45) is 0. The van der Waals surface area contributed by atoms with Gasteiger partial charge < -0.3 is 10.2 Å². The number of anilines is 1. The predicted octanol–water partition coefficient (Wildman–Crippen LogP) is 2.33. The fourth-order valence-corrected chi connectivity index (χ4v) is 2.73. The quantitative estimate of drug-likeness (QED) is 0.922. The fraction of sp³-hybridized carbons (Fsp3) is 0.308. The van der Waals surface area contributed by atoms with E-state index in [2.05, 4.69) is 37.3 Å². The van der Waals surface area contributed by atoms with E-state index in [0.29, 0.717) is 5.82 Å². The molecule has 104 valence electrons. The Morgan fingerprint density at radius 3 is 2.45 bits per heavy atom. The van der Waals surface area contributed by atoms with Crippen LogP contribution in [-0.2, 0) is 0 Å². The van der Waals surface area contributed by atoms with Crippen molar-refractivity contribution in [3.8, 4) is 0 Å². The van der Waals surface area contributed by atoms with Crippen LogP contribution in [0.5, 0.6) is 0 Å². The van der Waals surface area contributed by atoms with Gasteiger partial charge in [0.1, 0.15) is 6.04 Å². The van der Waals surface area contributed by atoms with Crippen molar-refractivity contribution in [1.29, 1.82) is 0 Å². The van der Waals surface area contributed by atoms with Crippen LogP contribution in [0.15, 0.2) is 30.3 Å². The van der Waals surface area contributed by atoms with Gasteiger partial charge in [-0.15, -0.1) is 0 Å². The highest BCUT2D eigenvalue weighted by Crippen LogP contribution is 2.27. The van der Waals surface area contributed by atoms with Crippen LogP contribution in [0, 0.1) is 0 Å². The molecule has 2 heterocycles. The van der Waals surface area contributed by atoms with Crippen molar-refractivity contribution in [3.63, 3.8) is 0 Å². The standard InChI is InChI=1S/C13H13Cl2N5/c14-12-17-11(18-13(15)19-12)10-8-16-6-7-20(10)9-4-2-1-3-5-9/h1-5,10,16H,6-8H2. The van der Waals surface area contributed by atoms with E-state index in [4.69, 9.17) is 23.2 Å². The van der Waals surface area contributed by atoms with E-state index in [1.54, 1.807) is 0 Å². The van der Waals surface area contributed by atoms with Crippen molar-refractivity contribution < 1.29 is 0 Å². The van der Waals surface area contributed by atoms with Gasteiger partial charge in [-0.3, -0.25) is 0 Å². The third kappa shape index (κ3) is 2.85. The van der Waals surface area contributed by atoms with Gasteiger partial charge in [-0.1, -0.05) is 18.2 Å². The molecular weight excluding hydrogens is 297 g/mol. The molecule has 1 aliphatic rings. The molecule has 20 heavy (non-hydrogen) atoms. The zero-order valence-corrected chi connectivity index (χ0v) is 12.1. The molecule has 0 spiro atoms. The summed E-state index contributed by atoms with van der Waals surface area (Å²) in [6, 6.07) is 10.2. The number of benzene rings is 1. The highest BCUT2D eigenvalue weighted by Gasteiger charge is 2.27. The van der Waals surface area contributed by atoms with Crippen molar-refractivity contribution in [3.05, 3.63) is 46.7 Å². The molecule has 2 aromatic rings. The van der Waals surface area contributed by atoms with Crippen molar-refractivity contribution in [2.75, 3.05) is 24.5 Å². The molecular formula is C13H13Cl2N5. The van der Waals surface area contributed by atoms with Gasteiger partial charge in [0.05, 0.1) is 0 Å². The zero-order valence-electron chi connectivity index (χ0n) is 10.6. The van der Waals surface area contributed by atoms with Crippen LogP contribution in [0.4, 0.5) is 5.69 Å². The fourth-order valence-electron chi connectivity index (χ4n) is 2.35. The summed E-state index contributed by atoms with van der Waals surface area (Å²) in [5.74, 6) is 0.589. The van der Waals surface area contributed by atoms with Gasteiger partial charge in [-0.25, -0.2) is 9.97 Å². The van der Waals surface area contributed by atoms with E-state index in [1.807, 2.05) is 18.2 Å². The number of hydrogen-bond donors (Lipinski definition) is 1. The summed E-state index contributed by atoms with van der Waals surface area (Å²) >= 11 is 11.8. The van der Waals surface area contributed by atoms with Crippen LogP contribution in [0.3, 0.4) is 0 Å². The highest BCUT2D eigenvalue weighted by molar-refractivity contribution is 6.31. The first-order valence-electron chi connectivity index (χ1n) is 6.33. The number of nitrogens with one attached hydrogen (secondary N) is 1. The Balaban J connectivity index is 1.96. The molecule has 1 fully saturated rings. The monoisotopic (exact) mass is 309 g/mol. The SMILES string of the molecule is Clc1nc(Cl)nc(C2CNCCN2c2ccccc2)n1. The molecule has 1 atom stereocenters. The minimum atomic E-state index is -0.0100. The molecule has 7 heteroatoms. The van der Waals surface area contributed by atoms with Gasteiger partial charge in [-0.2, -0.15) is 4.98 Å². The number of para-hydroxylation sites is 1. The Bertz CT molecular complexity index is 572. The van der Waals surface area contributed by atoms with Crippen molar-refractivity contribution in [2.45, 2.75) is 6.04 Å². The number of halogens is 2. The van der Waals surface area contributed by atoms with Gasteiger partial charge in [-0.05, 0) is 35.3 Å². The average Bonchev–Trinajstić information content (AvgIpc) is 2.47. The lowest BCUT2D eigenvalue weighted by Gasteiger charge is -2.36. The molecule has 1 N–H and O–H groups in total. The van der Waals surface area contributed by atoms with E-state index >= 15 is 0 Å². The Hall–Kier alpha value is -1.43. The number of hydrogen-bond acceptors (Lipinski definition) is 5. The molecule has 0 radical (unpaired) electrons. The first-order chi connectivity index (χ1) is 9.74. The summed E-state index contributed by atoms with van der Waals surface area (Å²) in [7, 11) is 0. The second-order valence-electron chi connectivity index (χ2n) is 4.48. The van der Waals surface area contributed by atoms with Crippen LogP contribution >= 0.6 is 23.2 Å². The smallest absolute Gasteiger partial charge is 0.226 e. The molecule has 0 amide bonds. The van der Waals surface area contributed by atoms with Gasteiger partial charge in [0.15, 0.2) is 5.82 Å². The number of piperazine rings is 1. The van der Waals surface area contributed by atoms with Crippen LogP contribution in [0.1, 0.15) is 11.9 Å². The summed E-state index contributed by atoms with van der Waals surface area (Å²) in [5.41, 5.74) is 1.13. The van der Waals surface area contributed by atoms with Crippen LogP contribution in [0.2, 0.25) is 10.6 Å². The Kier molecular flexibility index (Phi) is 4.00. The maximum absolute atomic E-state index is 5.88. The summed E-state index contributed by atoms with van der Waals surface area (Å²) in [6.45, 7) is 2.53. The van der Waals surface area contributed by atoms with Gasteiger partial charge in [0.2, 0.25) is 10.6 Å². The summed E-state index contributed by atoms with van der Waals surface area (Å²) in [4.78, 5) is 14.5. The van der Waals surface area contributed by atoms with E-state index in [0.717, 1.165) is 25.3 Å². The molecule has 0 bridgehead atoms. The minimum Gasteiger partial charge on any atom is -0.359 e. The van der Waals surface area contributed by atoms with Gasteiger partial charge in [0, 0.05) is 25.3 Å². The van der Waals surface area contributed by atoms with Gasteiger partial charge >= 0.3 is 0 Å². The van der Waals surface area contributed by atoms with Crippen molar-refractivity contribution in [2.24, 2.45) is 0 Å². The Morgan fingerprint density at radius 2 is 1.75 bits per heavy atom. The topological polar surface area (TPSA) is 53.9 Å². The summed E-state index contributed by atoms with van der Waals surface area (Å²) < 4.78 is 0. The first-order valence-corrected chi connectivity index (χ1v) is 7.09. The lowest BCUT2D eigenvalue weighted by atomic mass is 10.1. The maximum Gasteiger partial charge on any atom is 0.226 e. The molecule has 1 saturated heterocycles. The highest BCUT2D eigenvalue weighted by atomic mass is 35.5. The van der Waals surface area contributed by atoms with Crippen LogP contribution in [0.25, 0.3) is 0 Å². The lowest BCUT2D eigenvalue weighted by molar-refractivity contribution is 0.472. The minimum absolute atomic E-state index is 0.0100. The maximum atomic E-state index is 5.88. The summed E-state index contributed by atoms with van der Waals surface area (Å²) in [5, 5.41) is 3.59. The molecule has 1 aromatic carbocycles. The molecule has 0 saturated carbocycles. The first kappa shape index (κ1) is 13.5. The molecule has 1 aliphatic heterocycles. The Morgan fingerprint density at radius 1 is 1.05 bits per heavy atom. The van der Waals surface area contributed by atoms with Gasteiger partial charge in [0.25, 0.3) is 0 Å². The number of aromatic nitrogens is 3. The third-order valence-electron chi connectivity index (χ3n) is 3.23. The molecule has 0 aliphatic carbocycles. The number of nitrogens with zero attached hydrogens (tertiary/aromatic N) is 4. The largest absolute Gasteiger partial charge is 0.359 e. The van der Waals surface area contributed by atoms with E-state index in [-0.39, 0.29) is 16.6 Å². The van der Waals surface area contributed by atoms with Crippen LogP contribution < -0.4 is 10.2 Å². The second-order valence-corrected chi connectivity index (χ2v) is 5.16. The Labute approximate surface area is 127 Å². The molecule has 3 rings (SSSR count). The zero-order chi connectivity index (χ0) is 13.9. The van der Waals surface area contributed by atoms with E-state index in [1.165, 1.54) is 0 Å². The molecule has 1 unspecified atom stereocenters. The van der Waals surface area contributed by atoms with Crippen molar-refractivity contribution in [1.82, 2.24) is 20.3 Å². The van der Waals surface area contributed by atoms with E-state index in [9.17, 15) is 0 Å². The predicted molar refractivity (Wildman–Crippen MR) is 79.2 cm³/mol. The van der Waals surface area contributed by atoms with Crippen molar-refractivity contribution >= 4 is 28.9 Å². The van der Waals surface area contributed by atoms with Crippen LogP contribution in [-0.4, -0.2) is 34.6 Å². The second kappa shape index (κ2) is 5.91. The average molecular weight is 310 g/mol. The van der Waals surface area contributed by atoms with E-state index < -0.39 is 0 Å². The molecule has 5 nitrogen and oxygen atoms in total. The molecule has 1 aromatic heterocycles. The normalized spacial score (nSPS) is 19.1. The number of rotatable bonds is 2. The third-order valence-corrected chi connectivity index (χ3v) is 3.57.